The SMILES string of the molecule is NC(=O)CC[C@H](N)C(=O)N[C@@H](CO)C(=O)N[C@@H](Cc1ccc(O)cc1)C(=O)N[C@@H](CCC(=O)O)C(=O)NCC(=O)N[C@@H](Cc1ccccc1)C(=O)O. The summed E-state index contributed by atoms with van der Waals surface area (Å²) in [6, 6.07) is 6.63. The lowest BCUT2D eigenvalue weighted by molar-refractivity contribution is -0.141. The standard InChI is InChI=1S/C33H43N7O12/c34-21(10-12-26(35)43)29(47)40-25(17-41)32(50)39-23(14-19-6-8-20(42)9-7-19)31(49)38-22(11-13-28(45)46)30(48)36-16-27(44)37-24(33(51)52)15-18-4-2-1-3-5-18/h1-9,21-25,41-42H,10-17,34H2,(H2,35,43)(H,36,48)(H,37,44)(H,38,49)(H,39,50)(H,40,47)(H,45,46)(H,51,52)/t21-,22-,23-,24-,25-/m0/s1. The molecule has 0 spiro atoms. The summed E-state index contributed by atoms with van der Waals surface area (Å²) >= 11 is 0. The predicted octanol–water partition coefficient (Wildman–Crippen LogP) is -3.23. The molecule has 0 unspecified atom stereocenters. The lowest BCUT2D eigenvalue weighted by Gasteiger charge is -2.25. The highest BCUT2D eigenvalue weighted by atomic mass is 16.4. The third-order valence-corrected chi connectivity index (χ3v) is 7.48. The van der Waals surface area contributed by atoms with Crippen LogP contribution in [0, 0.1) is 0 Å². The van der Waals surface area contributed by atoms with Gasteiger partial charge in [-0.15, -0.1) is 0 Å². The van der Waals surface area contributed by atoms with Crippen LogP contribution in [-0.4, -0.2) is 111 Å². The molecule has 282 valence electrons. The van der Waals surface area contributed by atoms with Gasteiger partial charge < -0.3 is 58.5 Å². The maximum absolute atomic E-state index is 13.6. The lowest BCUT2D eigenvalue weighted by Crippen LogP contribution is -2.59. The van der Waals surface area contributed by atoms with Crippen molar-refractivity contribution in [2.75, 3.05) is 13.2 Å². The Kier molecular flexibility index (Phi) is 17.2. The number of nitrogens with one attached hydrogen (secondary N) is 5. The van der Waals surface area contributed by atoms with Crippen molar-refractivity contribution in [2.24, 2.45) is 11.5 Å². The molecular formula is C33H43N7O12. The second kappa shape index (κ2) is 21.2. The first-order valence-corrected chi connectivity index (χ1v) is 16.0. The molecule has 0 fully saturated rings. The molecule has 0 saturated carbocycles. The zero-order valence-electron chi connectivity index (χ0n) is 27.9. The van der Waals surface area contributed by atoms with Crippen LogP contribution in [0.3, 0.4) is 0 Å². The fourth-order valence-corrected chi connectivity index (χ4v) is 4.65. The summed E-state index contributed by atoms with van der Waals surface area (Å²) in [6.07, 6.45) is -1.75. The fourth-order valence-electron chi connectivity index (χ4n) is 4.65. The monoisotopic (exact) mass is 729 g/mol. The molecule has 19 heteroatoms. The summed E-state index contributed by atoms with van der Waals surface area (Å²) in [5, 5.41) is 49.8. The molecule has 0 aliphatic rings. The number of primary amides is 1. The summed E-state index contributed by atoms with van der Waals surface area (Å²) in [5.74, 6) is -8.32. The van der Waals surface area contributed by atoms with E-state index in [9.17, 15) is 58.8 Å². The highest BCUT2D eigenvalue weighted by Crippen LogP contribution is 2.12. The van der Waals surface area contributed by atoms with Crippen LogP contribution >= 0.6 is 0 Å². The quantitative estimate of drug-likeness (QED) is 0.0569. The van der Waals surface area contributed by atoms with E-state index in [2.05, 4.69) is 26.6 Å². The number of aliphatic carboxylic acids is 2. The van der Waals surface area contributed by atoms with Gasteiger partial charge in [-0.3, -0.25) is 33.6 Å². The number of carbonyl (C=O) groups excluding carboxylic acids is 6. The number of amides is 6. The number of hydrogen-bond donors (Lipinski definition) is 11. The molecule has 6 amide bonds. The van der Waals surface area contributed by atoms with E-state index in [0.717, 1.165) is 0 Å². The van der Waals surface area contributed by atoms with Gasteiger partial charge in [-0.25, -0.2) is 4.79 Å². The maximum atomic E-state index is 13.6. The molecule has 19 nitrogen and oxygen atoms in total. The van der Waals surface area contributed by atoms with Gasteiger partial charge in [0.25, 0.3) is 0 Å². The van der Waals surface area contributed by atoms with Crippen molar-refractivity contribution in [3.8, 4) is 5.75 Å². The Morgan fingerprint density at radius 3 is 1.77 bits per heavy atom. The molecule has 0 aromatic heterocycles. The van der Waals surface area contributed by atoms with Gasteiger partial charge in [0.15, 0.2) is 0 Å². The van der Waals surface area contributed by atoms with Crippen LogP contribution in [0.1, 0.15) is 36.8 Å². The van der Waals surface area contributed by atoms with E-state index in [1.807, 2.05) is 0 Å². The smallest absolute Gasteiger partial charge is 0.326 e. The molecular weight excluding hydrogens is 686 g/mol. The minimum atomic E-state index is -1.62. The van der Waals surface area contributed by atoms with E-state index >= 15 is 0 Å². The van der Waals surface area contributed by atoms with Crippen LogP contribution < -0.4 is 38.1 Å². The van der Waals surface area contributed by atoms with Gasteiger partial charge in [-0.05, 0) is 36.1 Å². The molecule has 52 heavy (non-hydrogen) atoms. The van der Waals surface area contributed by atoms with Crippen LogP contribution in [-0.2, 0) is 51.2 Å². The zero-order valence-corrected chi connectivity index (χ0v) is 27.9. The number of phenolic OH excluding ortho intramolecular Hbond substituents is 1. The number of carboxylic acids is 2. The molecule has 2 aromatic carbocycles. The van der Waals surface area contributed by atoms with Crippen molar-refractivity contribution in [1.82, 2.24) is 26.6 Å². The number of carboxylic acid groups (broad SMARTS) is 2. The van der Waals surface area contributed by atoms with Gasteiger partial charge >= 0.3 is 11.9 Å². The lowest BCUT2D eigenvalue weighted by atomic mass is 10.0. The first-order valence-electron chi connectivity index (χ1n) is 16.0. The molecule has 0 bridgehead atoms. The Bertz CT molecular complexity index is 1570. The number of aliphatic hydroxyl groups is 1. The third-order valence-electron chi connectivity index (χ3n) is 7.48. The average molecular weight is 730 g/mol. The Hall–Kier alpha value is -6.08. The average Bonchev–Trinajstić information content (AvgIpc) is 3.10. The van der Waals surface area contributed by atoms with Crippen molar-refractivity contribution in [3.05, 3.63) is 65.7 Å². The molecule has 13 N–H and O–H groups in total. The summed E-state index contributed by atoms with van der Waals surface area (Å²) in [7, 11) is 0. The Balaban J connectivity index is 2.19. The maximum Gasteiger partial charge on any atom is 0.326 e. The van der Waals surface area contributed by atoms with Gasteiger partial charge in [-0.2, -0.15) is 0 Å². The molecule has 0 aliphatic heterocycles. The normalized spacial score (nSPS) is 13.6. The second-order valence-corrected chi connectivity index (χ2v) is 11.6. The first kappa shape index (κ1) is 42.1. The van der Waals surface area contributed by atoms with Crippen LogP contribution in [0.25, 0.3) is 0 Å². The van der Waals surface area contributed by atoms with Gasteiger partial charge in [0.1, 0.15) is 29.9 Å². The van der Waals surface area contributed by atoms with E-state index in [1.165, 1.54) is 24.3 Å². The Morgan fingerprint density at radius 1 is 0.635 bits per heavy atom. The van der Waals surface area contributed by atoms with Crippen molar-refractivity contribution in [3.63, 3.8) is 0 Å². The van der Waals surface area contributed by atoms with Crippen LogP contribution in [0.15, 0.2) is 54.6 Å². The summed E-state index contributed by atoms with van der Waals surface area (Å²) in [6.45, 7) is -1.67. The van der Waals surface area contributed by atoms with Gasteiger partial charge in [-0.1, -0.05) is 42.5 Å². The summed E-state index contributed by atoms with van der Waals surface area (Å²) in [5.41, 5.74) is 11.8. The Morgan fingerprint density at radius 2 is 1.19 bits per heavy atom. The molecule has 0 aliphatic carbocycles. The molecule has 2 aromatic rings. The van der Waals surface area contributed by atoms with Gasteiger partial charge in [0.2, 0.25) is 35.4 Å². The number of aromatic hydroxyl groups is 1. The summed E-state index contributed by atoms with van der Waals surface area (Å²) < 4.78 is 0. The molecule has 2 rings (SSSR count). The van der Waals surface area contributed by atoms with Crippen LogP contribution in [0.4, 0.5) is 0 Å². The minimum absolute atomic E-state index is 0.0514. The largest absolute Gasteiger partial charge is 0.508 e. The number of nitrogens with two attached hydrogens (primary N) is 2. The van der Waals surface area contributed by atoms with Crippen molar-refractivity contribution < 1.29 is 58.8 Å². The molecule has 0 heterocycles. The number of hydrogen-bond acceptors (Lipinski definition) is 11. The minimum Gasteiger partial charge on any atom is -0.508 e. The first-order chi connectivity index (χ1) is 24.6. The summed E-state index contributed by atoms with van der Waals surface area (Å²) in [4.78, 5) is 99.0. The topological polar surface area (TPSA) is 330 Å². The predicted molar refractivity (Wildman–Crippen MR) is 181 cm³/mol. The van der Waals surface area contributed by atoms with E-state index in [4.69, 9.17) is 11.5 Å². The number of rotatable bonds is 22. The number of carbonyl (C=O) groups is 8. The number of phenols is 1. The van der Waals surface area contributed by atoms with Gasteiger partial charge in [0.05, 0.1) is 19.2 Å². The number of benzene rings is 2. The van der Waals surface area contributed by atoms with Crippen LogP contribution in [0.5, 0.6) is 5.75 Å². The van der Waals surface area contributed by atoms with Gasteiger partial charge in [0, 0.05) is 25.7 Å². The Labute approximate surface area is 297 Å². The zero-order chi connectivity index (χ0) is 38.8. The highest BCUT2D eigenvalue weighted by molar-refractivity contribution is 5.96. The highest BCUT2D eigenvalue weighted by Gasteiger charge is 2.31. The molecule has 5 atom stereocenters. The molecule has 0 radical (unpaired) electrons. The van der Waals surface area contributed by atoms with E-state index in [-0.39, 0.29) is 31.4 Å². The second-order valence-electron chi connectivity index (χ2n) is 11.6. The van der Waals surface area contributed by atoms with E-state index < -0.39 is 104 Å². The molecule has 0 saturated heterocycles. The van der Waals surface area contributed by atoms with Crippen molar-refractivity contribution >= 4 is 47.4 Å². The van der Waals surface area contributed by atoms with E-state index in [0.29, 0.717) is 11.1 Å². The fraction of sp³-hybridized carbons (Fsp3) is 0.394. The third kappa shape index (κ3) is 15.2. The van der Waals surface area contributed by atoms with Crippen LogP contribution in [0.2, 0.25) is 0 Å². The number of aliphatic hydroxyl groups excluding tert-OH is 1. The van der Waals surface area contributed by atoms with Crippen molar-refractivity contribution in [2.45, 2.75) is 68.7 Å². The van der Waals surface area contributed by atoms with E-state index in [1.54, 1.807) is 30.3 Å². The van der Waals surface area contributed by atoms with Crippen molar-refractivity contribution in [1.29, 1.82) is 0 Å².